The first kappa shape index (κ1) is 14.4. The summed E-state index contributed by atoms with van der Waals surface area (Å²) in [5.74, 6) is 0. The van der Waals surface area contributed by atoms with E-state index >= 15 is 0 Å². The molecule has 104 valence electrons. The Bertz CT molecular complexity index is 611. The van der Waals surface area contributed by atoms with Crippen LogP contribution in [-0.4, -0.2) is 21.5 Å². The lowest BCUT2D eigenvalue weighted by atomic mass is 10.1. The SMILES string of the molecule is Cc1cc(NCCc2ccncc2)c(C(N)=S)c(C)n1. The van der Waals surface area contributed by atoms with E-state index in [9.17, 15) is 0 Å². The first-order valence-electron chi connectivity index (χ1n) is 6.48. The molecule has 0 saturated heterocycles. The normalized spacial score (nSPS) is 10.3. The summed E-state index contributed by atoms with van der Waals surface area (Å²) in [5.41, 5.74) is 10.6. The molecule has 0 atom stereocenters. The van der Waals surface area contributed by atoms with Crippen LogP contribution >= 0.6 is 12.2 Å². The van der Waals surface area contributed by atoms with Gasteiger partial charge >= 0.3 is 0 Å². The molecule has 20 heavy (non-hydrogen) atoms. The number of thiocarbonyl (C=S) groups is 1. The third-order valence-corrected chi connectivity index (χ3v) is 3.26. The molecule has 0 aromatic carbocycles. The number of rotatable bonds is 5. The Balaban J connectivity index is 2.11. The van der Waals surface area contributed by atoms with E-state index in [0.29, 0.717) is 4.99 Å². The zero-order valence-electron chi connectivity index (χ0n) is 11.7. The highest BCUT2D eigenvalue weighted by Gasteiger charge is 2.10. The maximum atomic E-state index is 5.79. The minimum absolute atomic E-state index is 0.376. The number of hydrogen-bond acceptors (Lipinski definition) is 4. The fourth-order valence-corrected chi connectivity index (χ4v) is 2.43. The molecule has 2 rings (SSSR count). The molecule has 0 aliphatic heterocycles. The summed E-state index contributed by atoms with van der Waals surface area (Å²) in [7, 11) is 0. The van der Waals surface area contributed by atoms with Crippen molar-refractivity contribution in [3.05, 3.63) is 53.1 Å². The average molecular weight is 286 g/mol. The van der Waals surface area contributed by atoms with E-state index in [-0.39, 0.29) is 0 Å². The Hall–Kier alpha value is -2.01. The fraction of sp³-hybridized carbons (Fsp3) is 0.267. The molecule has 2 aromatic rings. The van der Waals surface area contributed by atoms with Gasteiger partial charge in [-0.2, -0.15) is 0 Å². The molecule has 0 aliphatic rings. The second-order valence-electron chi connectivity index (χ2n) is 4.67. The lowest BCUT2D eigenvalue weighted by Gasteiger charge is -2.14. The standard InChI is InChI=1S/C15H18N4S/c1-10-9-13(14(15(16)20)11(2)19-10)18-8-5-12-3-6-17-7-4-12/h3-4,6-7,9H,5,8H2,1-2H3,(H2,16,20)(H,18,19). The monoisotopic (exact) mass is 286 g/mol. The predicted molar refractivity (Wildman–Crippen MR) is 86.0 cm³/mol. The summed E-state index contributed by atoms with van der Waals surface area (Å²) in [6.45, 7) is 4.70. The van der Waals surface area contributed by atoms with Crippen molar-refractivity contribution in [2.24, 2.45) is 5.73 Å². The molecule has 0 radical (unpaired) electrons. The summed E-state index contributed by atoms with van der Waals surface area (Å²) in [4.78, 5) is 8.79. The molecular weight excluding hydrogens is 268 g/mol. The van der Waals surface area contributed by atoms with Crippen molar-refractivity contribution in [3.8, 4) is 0 Å². The minimum Gasteiger partial charge on any atom is -0.389 e. The van der Waals surface area contributed by atoms with Gasteiger partial charge in [0, 0.05) is 36.0 Å². The molecule has 3 N–H and O–H groups in total. The number of pyridine rings is 2. The molecule has 2 heterocycles. The van der Waals surface area contributed by atoms with Gasteiger partial charge in [-0.25, -0.2) is 0 Å². The lowest BCUT2D eigenvalue weighted by Crippen LogP contribution is -2.17. The van der Waals surface area contributed by atoms with Gasteiger partial charge in [-0.15, -0.1) is 0 Å². The molecule has 0 amide bonds. The van der Waals surface area contributed by atoms with E-state index in [1.807, 2.05) is 32.0 Å². The number of nitrogens with two attached hydrogens (primary N) is 1. The number of nitrogens with zero attached hydrogens (tertiary/aromatic N) is 2. The first-order chi connectivity index (χ1) is 9.58. The number of aryl methyl sites for hydroxylation is 2. The van der Waals surface area contributed by atoms with Crippen molar-refractivity contribution >= 4 is 22.9 Å². The van der Waals surface area contributed by atoms with Gasteiger partial charge in [0.15, 0.2) is 0 Å². The van der Waals surface area contributed by atoms with Crippen LogP contribution in [-0.2, 0) is 6.42 Å². The van der Waals surface area contributed by atoms with Crippen molar-refractivity contribution in [1.82, 2.24) is 9.97 Å². The Morgan fingerprint density at radius 2 is 2.00 bits per heavy atom. The molecule has 0 spiro atoms. The van der Waals surface area contributed by atoms with Crippen LogP contribution in [0.5, 0.6) is 0 Å². The van der Waals surface area contributed by atoms with Gasteiger partial charge in [0.25, 0.3) is 0 Å². The van der Waals surface area contributed by atoms with Crippen LogP contribution in [0.15, 0.2) is 30.6 Å². The molecule has 5 heteroatoms. The highest BCUT2D eigenvalue weighted by molar-refractivity contribution is 7.80. The van der Waals surface area contributed by atoms with Crippen LogP contribution in [0.2, 0.25) is 0 Å². The maximum absolute atomic E-state index is 5.79. The van der Waals surface area contributed by atoms with Crippen LogP contribution < -0.4 is 11.1 Å². The fourth-order valence-electron chi connectivity index (χ4n) is 2.17. The number of nitrogens with one attached hydrogen (secondary N) is 1. The van der Waals surface area contributed by atoms with E-state index in [1.165, 1.54) is 5.56 Å². The van der Waals surface area contributed by atoms with Gasteiger partial charge in [0.05, 0.1) is 5.56 Å². The third kappa shape index (κ3) is 3.51. The van der Waals surface area contributed by atoms with Crippen molar-refractivity contribution in [1.29, 1.82) is 0 Å². The van der Waals surface area contributed by atoms with E-state index in [4.69, 9.17) is 18.0 Å². The van der Waals surface area contributed by atoms with Gasteiger partial charge in [-0.05, 0) is 44.0 Å². The van der Waals surface area contributed by atoms with Crippen molar-refractivity contribution in [2.75, 3.05) is 11.9 Å². The minimum atomic E-state index is 0.376. The van der Waals surface area contributed by atoms with Crippen LogP contribution in [0.3, 0.4) is 0 Å². The van der Waals surface area contributed by atoms with E-state index in [0.717, 1.165) is 35.6 Å². The van der Waals surface area contributed by atoms with Crippen LogP contribution in [0.25, 0.3) is 0 Å². The topological polar surface area (TPSA) is 63.8 Å². The van der Waals surface area contributed by atoms with Gasteiger partial charge in [-0.3, -0.25) is 9.97 Å². The van der Waals surface area contributed by atoms with E-state index in [1.54, 1.807) is 12.4 Å². The average Bonchev–Trinajstić information content (AvgIpc) is 2.38. The quantitative estimate of drug-likeness (QED) is 0.826. The number of aromatic nitrogens is 2. The zero-order valence-corrected chi connectivity index (χ0v) is 12.5. The second kappa shape index (κ2) is 6.43. The third-order valence-electron chi connectivity index (χ3n) is 3.05. The number of hydrogen-bond donors (Lipinski definition) is 2. The predicted octanol–water partition coefficient (Wildman–Crippen LogP) is 2.38. The lowest BCUT2D eigenvalue weighted by molar-refractivity contribution is 1.00. The van der Waals surface area contributed by atoms with Crippen molar-refractivity contribution in [2.45, 2.75) is 20.3 Å². The zero-order chi connectivity index (χ0) is 14.5. The highest BCUT2D eigenvalue weighted by Crippen LogP contribution is 2.19. The van der Waals surface area contributed by atoms with Gasteiger partial charge in [0.1, 0.15) is 4.99 Å². The smallest absolute Gasteiger partial charge is 0.107 e. The largest absolute Gasteiger partial charge is 0.389 e. The molecule has 4 nitrogen and oxygen atoms in total. The molecule has 2 aromatic heterocycles. The van der Waals surface area contributed by atoms with Crippen LogP contribution in [0, 0.1) is 13.8 Å². The molecular formula is C15H18N4S. The highest BCUT2D eigenvalue weighted by atomic mass is 32.1. The van der Waals surface area contributed by atoms with Crippen LogP contribution in [0.1, 0.15) is 22.5 Å². The summed E-state index contributed by atoms with van der Waals surface area (Å²) >= 11 is 5.11. The Morgan fingerprint density at radius 3 is 2.65 bits per heavy atom. The Morgan fingerprint density at radius 1 is 1.30 bits per heavy atom. The van der Waals surface area contributed by atoms with Crippen molar-refractivity contribution < 1.29 is 0 Å². The summed E-state index contributed by atoms with van der Waals surface area (Å²) in [6, 6.07) is 6.01. The Labute approximate surface area is 124 Å². The van der Waals surface area contributed by atoms with Gasteiger partial charge in [-0.1, -0.05) is 12.2 Å². The summed E-state index contributed by atoms with van der Waals surface area (Å²) < 4.78 is 0. The first-order valence-corrected chi connectivity index (χ1v) is 6.89. The molecule has 0 unspecified atom stereocenters. The van der Waals surface area contributed by atoms with Crippen LogP contribution in [0.4, 0.5) is 5.69 Å². The summed E-state index contributed by atoms with van der Waals surface area (Å²) in [6.07, 6.45) is 4.52. The molecule has 0 bridgehead atoms. The second-order valence-corrected chi connectivity index (χ2v) is 5.11. The van der Waals surface area contributed by atoms with Gasteiger partial charge in [0.2, 0.25) is 0 Å². The van der Waals surface area contributed by atoms with E-state index < -0.39 is 0 Å². The Kier molecular flexibility index (Phi) is 4.63. The maximum Gasteiger partial charge on any atom is 0.107 e. The van der Waals surface area contributed by atoms with Gasteiger partial charge < -0.3 is 11.1 Å². The number of anilines is 1. The molecule has 0 aliphatic carbocycles. The summed E-state index contributed by atoms with van der Waals surface area (Å²) in [5, 5.41) is 3.40. The molecule has 0 saturated carbocycles. The van der Waals surface area contributed by atoms with E-state index in [2.05, 4.69) is 15.3 Å². The molecule has 0 fully saturated rings. The van der Waals surface area contributed by atoms with Crippen molar-refractivity contribution in [3.63, 3.8) is 0 Å².